The molecule has 6 heteroatoms. The second-order valence-corrected chi connectivity index (χ2v) is 5.73. The van der Waals surface area contributed by atoms with Gasteiger partial charge in [-0.1, -0.05) is 45.0 Å². The van der Waals surface area contributed by atoms with Crippen molar-refractivity contribution in [1.29, 1.82) is 0 Å². The molecular formula is C16H23N5O. The van der Waals surface area contributed by atoms with Gasteiger partial charge in [-0.25, -0.2) is 0 Å². The number of benzene rings is 1. The molecule has 0 atom stereocenters. The maximum absolute atomic E-state index is 11.8. The normalized spacial score (nSPS) is 10.9. The molecule has 0 unspecified atom stereocenters. The third kappa shape index (κ3) is 4.65. The highest BCUT2D eigenvalue weighted by Gasteiger charge is 2.09. The summed E-state index contributed by atoms with van der Waals surface area (Å²) in [6.07, 6.45) is 1.96. The van der Waals surface area contributed by atoms with Crippen LogP contribution in [0.1, 0.15) is 32.8 Å². The highest BCUT2D eigenvalue weighted by atomic mass is 16.2. The summed E-state index contributed by atoms with van der Waals surface area (Å²) in [4.78, 5) is 13.1. The molecule has 0 radical (unpaired) electrons. The number of nitrogens with zero attached hydrogens (tertiary/aromatic N) is 4. The lowest BCUT2D eigenvalue weighted by molar-refractivity contribution is -0.122. The topological polar surface area (TPSA) is 72.7 Å². The fraction of sp³-hybridized carbons (Fsp3) is 0.500. The Morgan fingerprint density at radius 1 is 1.27 bits per heavy atom. The number of hydrogen-bond donors (Lipinski definition) is 1. The van der Waals surface area contributed by atoms with Crippen LogP contribution in [0.2, 0.25) is 0 Å². The Hall–Kier alpha value is -2.24. The zero-order chi connectivity index (χ0) is 15.9. The Balaban J connectivity index is 1.91. The predicted octanol–water partition coefficient (Wildman–Crippen LogP) is 2.06. The van der Waals surface area contributed by atoms with Crippen LogP contribution >= 0.6 is 0 Å². The zero-order valence-electron chi connectivity index (χ0n) is 13.4. The molecule has 0 aliphatic carbocycles. The van der Waals surface area contributed by atoms with E-state index in [1.54, 1.807) is 0 Å². The standard InChI is InChI=1S/C16H23N5O/c1-4-13-5-7-14(8-6-13)16-18-20-21(19-16)11-15(22)17-10-9-12(2)3/h5-8,12H,4,9-11H2,1-3H3,(H,17,22). The van der Waals surface area contributed by atoms with E-state index in [1.807, 2.05) is 12.1 Å². The van der Waals surface area contributed by atoms with Crippen LogP contribution in [0.15, 0.2) is 24.3 Å². The van der Waals surface area contributed by atoms with Crippen molar-refractivity contribution in [3.63, 3.8) is 0 Å². The molecule has 0 fully saturated rings. The number of amides is 1. The molecule has 0 bridgehead atoms. The van der Waals surface area contributed by atoms with E-state index in [-0.39, 0.29) is 12.5 Å². The first-order valence-electron chi connectivity index (χ1n) is 7.72. The summed E-state index contributed by atoms with van der Waals surface area (Å²) in [7, 11) is 0. The third-order valence-corrected chi connectivity index (χ3v) is 3.40. The minimum absolute atomic E-state index is 0.0917. The molecule has 1 amide bonds. The molecular weight excluding hydrogens is 278 g/mol. The van der Waals surface area contributed by atoms with Crippen LogP contribution in [-0.2, 0) is 17.8 Å². The Morgan fingerprint density at radius 3 is 2.64 bits per heavy atom. The summed E-state index contributed by atoms with van der Waals surface area (Å²) in [6.45, 7) is 7.14. The molecule has 0 saturated heterocycles. The molecule has 0 aliphatic heterocycles. The average molecular weight is 301 g/mol. The van der Waals surface area contributed by atoms with Crippen molar-refractivity contribution >= 4 is 5.91 Å². The third-order valence-electron chi connectivity index (χ3n) is 3.40. The van der Waals surface area contributed by atoms with E-state index in [0.29, 0.717) is 18.3 Å². The summed E-state index contributed by atoms with van der Waals surface area (Å²) in [5, 5.41) is 15.1. The van der Waals surface area contributed by atoms with Crippen molar-refractivity contribution in [1.82, 2.24) is 25.5 Å². The van der Waals surface area contributed by atoms with Gasteiger partial charge in [0.25, 0.3) is 0 Å². The van der Waals surface area contributed by atoms with Crippen LogP contribution in [0, 0.1) is 5.92 Å². The number of aromatic nitrogens is 4. The summed E-state index contributed by atoms with van der Waals surface area (Å²) in [5.41, 5.74) is 2.17. The number of carbonyl (C=O) groups excluding carboxylic acids is 1. The molecule has 22 heavy (non-hydrogen) atoms. The largest absolute Gasteiger partial charge is 0.354 e. The fourth-order valence-corrected chi connectivity index (χ4v) is 2.00. The average Bonchev–Trinajstić information content (AvgIpc) is 2.95. The maximum atomic E-state index is 11.8. The minimum atomic E-state index is -0.0917. The van der Waals surface area contributed by atoms with Gasteiger partial charge in [0.2, 0.25) is 11.7 Å². The second-order valence-electron chi connectivity index (χ2n) is 5.73. The Bertz CT molecular complexity index is 603. The highest BCUT2D eigenvalue weighted by Crippen LogP contribution is 2.14. The van der Waals surface area contributed by atoms with E-state index in [1.165, 1.54) is 10.4 Å². The quantitative estimate of drug-likeness (QED) is 0.849. The van der Waals surface area contributed by atoms with Crippen LogP contribution in [0.25, 0.3) is 11.4 Å². The van der Waals surface area contributed by atoms with Crippen molar-refractivity contribution in [2.75, 3.05) is 6.54 Å². The monoisotopic (exact) mass is 301 g/mol. The van der Waals surface area contributed by atoms with Crippen LogP contribution < -0.4 is 5.32 Å². The number of rotatable bonds is 7. The van der Waals surface area contributed by atoms with Gasteiger partial charge >= 0.3 is 0 Å². The highest BCUT2D eigenvalue weighted by molar-refractivity contribution is 5.75. The minimum Gasteiger partial charge on any atom is -0.354 e. The molecule has 1 aromatic carbocycles. The van der Waals surface area contributed by atoms with Crippen LogP contribution in [0.3, 0.4) is 0 Å². The number of carbonyl (C=O) groups is 1. The van der Waals surface area contributed by atoms with Crippen molar-refractivity contribution < 1.29 is 4.79 Å². The molecule has 118 valence electrons. The predicted molar refractivity (Wildman–Crippen MR) is 85.1 cm³/mol. The molecule has 2 rings (SSSR count). The lowest BCUT2D eigenvalue weighted by atomic mass is 10.1. The van der Waals surface area contributed by atoms with Crippen molar-refractivity contribution in [3.8, 4) is 11.4 Å². The van der Waals surface area contributed by atoms with Gasteiger partial charge in [0.15, 0.2) is 0 Å². The van der Waals surface area contributed by atoms with Crippen LogP contribution in [0.4, 0.5) is 0 Å². The van der Waals surface area contributed by atoms with Gasteiger partial charge in [0.1, 0.15) is 6.54 Å². The molecule has 1 aromatic heterocycles. The van der Waals surface area contributed by atoms with Crippen molar-refractivity contribution in [2.45, 2.75) is 40.2 Å². The zero-order valence-corrected chi connectivity index (χ0v) is 13.4. The van der Waals surface area contributed by atoms with E-state index < -0.39 is 0 Å². The maximum Gasteiger partial charge on any atom is 0.243 e. The number of hydrogen-bond acceptors (Lipinski definition) is 4. The Labute approximate surface area is 130 Å². The first kappa shape index (κ1) is 16.1. The molecule has 0 aliphatic rings. The van der Waals surface area contributed by atoms with Crippen molar-refractivity contribution in [3.05, 3.63) is 29.8 Å². The number of nitrogens with one attached hydrogen (secondary N) is 1. The molecule has 0 saturated carbocycles. The second kappa shape index (κ2) is 7.68. The molecule has 1 heterocycles. The number of aryl methyl sites for hydroxylation is 1. The molecule has 1 N–H and O–H groups in total. The molecule has 0 spiro atoms. The summed E-state index contributed by atoms with van der Waals surface area (Å²) >= 11 is 0. The fourth-order valence-electron chi connectivity index (χ4n) is 2.00. The van der Waals surface area contributed by atoms with Gasteiger partial charge < -0.3 is 5.32 Å². The van der Waals surface area contributed by atoms with Gasteiger partial charge in [-0.15, -0.1) is 10.2 Å². The first-order valence-corrected chi connectivity index (χ1v) is 7.72. The van der Waals surface area contributed by atoms with Crippen LogP contribution in [0.5, 0.6) is 0 Å². The van der Waals surface area contributed by atoms with E-state index in [4.69, 9.17) is 0 Å². The van der Waals surface area contributed by atoms with Gasteiger partial charge in [-0.05, 0) is 29.5 Å². The van der Waals surface area contributed by atoms with E-state index in [2.05, 4.69) is 53.6 Å². The Kier molecular flexibility index (Phi) is 5.63. The van der Waals surface area contributed by atoms with E-state index in [0.717, 1.165) is 18.4 Å². The van der Waals surface area contributed by atoms with Gasteiger partial charge in [0.05, 0.1) is 0 Å². The molecule has 6 nitrogen and oxygen atoms in total. The summed E-state index contributed by atoms with van der Waals surface area (Å²) in [6, 6.07) is 8.05. The first-order chi connectivity index (χ1) is 10.6. The van der Waals surface area contributed by atoms with Gasteiger partial charge in [-0.2, -0.15) is 4.80 Å². The van der Waals surface area contributed by atoms with Crippen LogP contribution in [-0.4, -0.2) is 32.7 Å². The van der Waals surface area contributed by atoms with Gasteiger partial charge in [-0.3, -0.25) is 4.79 Å². The summed E-state index contributed by atoms with van der Waals surface area (Å²) in [5.74, 6) is 1.02. The molecule has 2 aromatic rings. The number of tetrazole rings is 1. The lowest BCUT2D eigenvalue weighted by Gasteiger charge is -2.06. The Morgan fingerprint density at radius 2 is 2.00 bits per heavy atom. The van der Waals surface area contributed by atoms with E-state index in [9.17, 15) is 4.79 Å². The van der Waals surface area contributed by atoms with Gasteiger partial charge in [0, 0.05) is 12.1 Å². The van der Waals surface area contributed by atoms with E-state index >= 15 is 0 Å². The summed E-state index contributed by atoms with van der Waals surface area (Å²) < 4.78 is 0. The van der Waals surface area contributed by atoms with Crippen molar-refractivity contribution in [2.24, 2.45) is 5.92 Å². The lowest BCUT2D eigenvalue weighted by Crippen LogP contribution is -2.29. The smallest absolute Gasteiger partial charge is 0.243 e. The SMILES string of the molecule is CCc1ccc(-c2nnn(CC(=O)NCCC(C)C)n2)cc1.